The molecule has 6 heteroatoms. The lowest BCUT2D eigenvalue weighted by molar-refractivity contribution is -0.137. The van der Waals surface area contributed by atoms with Crippen molar-refractivity contribution < 1.29 is 23.0 Å². The number of hydrogen-bond acceptors (Lipinski definition) is 3. The molecule has 98 valence electrons. The summed E-state index contributed by atoms with van der Waals surface area (Å²) in [6, 6.07) is 2.04. The van der Waals surface area contributed by atoms with Gasteiger partial charge in [-0.05, 0) is 26.0 Å². The summed E-state index contributed by atoms with van der Waals surface area (Å²) in [6.07, 6.45) is 0.989. The van der Waals surface area contributed by atoms with Crippen LogP contribution in [0.25, 0.3) is 0 Å². The molecule has 0 amide bonds. The number of ether oxygens (including phenoxy) is 2. The van der Waals surface area contributed by atoms with Crippen molar-refractivity contribution in [3.05, 3.63) is 40.6 Å². The van der Waals surface area contributed by atoms with E-state index in [0.29, 0.717) is 0 Å². The summed E-state index contributed by atoms with van der Waals surface area (Å²) < 4.78 is 36.3. The number of benzene rings is 1. The molecule has 0 aliphatic rings. The molecule has 0 spiro atoms. The highest BCUT2D eigenvalue weighted by atomic mass is 35.5. The molecule has 0 heterocycles. The van der Waals surface area contributed by atoms with Gasteiger partial charge < -0.3 is 9.47 Å². The number of allylic oxidation sites excluding steroid dienone is 1. The fourth-order valence-corrected chi connectivity index (χ4v) is 1.29. The summed E-state index contributed by atoms with van der Waals surface area (Å²) in [6.45, 7) is 3.21. The molecule has 0 unspecified atom stereocenters. The van der Waals surface area contributed by atoms with E-state index in [2.05, 4.69) is 4.74 Å². The van der Waals surface area contributed by atoms with E-state index < -0.39 is 23.4 Å². The fraction of sp³-hybridized carbons (Fsp3) is 0.250. The molecule has 1 aromatic rings. The third kappa shape index (κ3) is 3.70. The number of halogens is 3. The predicted octanol–water partition coefficient (Wildman–Crippen LogP) is 3.46. The van der Waals surface area contributed by atoms with Crippen LogP contribution < -0.4 is 4.74 Å². The number of hydrogen-bond donors (Lipinski definition) is 0. The lowest BCUT2D eigenvalue weighted by atomic mass is 10.3. The highest BCUT2D eigenvalue weighted by Gasteiger charge is 2.15. The summed E-state index contributed by atoms with van der Waals surface area (Å²) in [7, 11) is 0. The van der Waals surface area contributed by atoms with Crippen LogP contribution in [-0.2, 0) is 9.53 Å². The van der Waals surface area contributed by atoms with Gasteiger partial charge in [-0.3, -0.25) is 0 Å². The maximum atomic E-state index is 13.5. The second-order valence-corrected chi connectivity index (χ2v) is 3.69. The minimum atomic E-state index is -1.02. The molecule has 0 N–H and O–H groups in total. The monoisotopic (exact) mass is 276 g/mol. The summed E-state index contributed by atoms with van der Waals surface area (Å²) >= 11 is 5.49. The van der Waals surface area contributed by atoms with Crippen LogP contribution in [0, 0.1) is 11.6 Å². The van der Waals surface area contributed by atoms with Crippen LogP contribution >= 0.6 is 11.6 Å². The van der Waals surface area contributed by atoms with Gasteiger partial charge in [0.05, 0.1) is 17.7 Å². The van der Waals surface area contributed by atoms with Crippen LogP contribution in [0.2, 0.25) is 5.02 Å². The predicted molar refractivity (Wildman–Crippen MR) is 62.4 cm³/mol. The standard InChI is InChI=1S/C12H11ClF2O3/c1-3-17-10(16)6-7(2)18-12-9(14)5-4-8(13)11(12)15/h4-6H,3H2,1-2H3/b7-6+. The molecule has 0 saturated carbocycles. The third-order valence-corrected chi connectivity index (χ3v) is 2.16. The molecule has 0 bridgehead atoms. The Morgan fingerprint density at radius 2 is 2.11 bits per heavy atom. The van der Waals surface area contributed by atoms with E-state index in [0.717, 1.165) is 18.2 Å². The highest BCUT2D eigenvalue weighted by Crippen LogP contribution is 2.28. The topological polar surface area (TPSA) is 35.5 Å². The number of esters is 1. The molecule has 0 saturated heterocycles. The molecule has 3 nitrogen and oxygen atoms in total. The lowest BCUT2D eigenvalue weighted by Gasteiger charge is -2.08. The zero-order valence-corrected chi connectivity index (χ0v) is 10.6. The van der Waals surface area contributed by atoms with Crippen molar-refractivity contribution in [1.82, 2.24) is 0 Å². The normalized spacial score (nSPS) is 11.3. The first-order valence-corrected chi connectivity index (χ1v) is 5.50. The molecule has 1 aromatic carbocycles. The molecular weight excluding hydrogens is 266 g/mol. The van der Waals surface area contributed by atoms with Crippen LogP contribution in [0.15, 0.2) is 24.0 Å². The van der Waals surface area contributed by atoms with Gasteiger partial charge in [0, 0.05) is 0 Å². The quantitative estimate of drug-likeness (QED) is 0.366. The zero-order valence-electron chi connectivity index (χ0n) is 9.80. The first kappa shape index (κ1) is 14.4. The maximum absolute atomic E-state index is 13.5. The van der Waals surface area contributed by atoms with Crippen LogP contribution in [0.5, 0.6) is 5.75 Å². The molecule has 0 fully saturated rings. The number of carbonyl (C=O) groups excluding carboxylic acids is 1. The third-order valence-electron chi connectivity index (χ3n) is 1.87. The van der Waals surface area contributed by atoms with E-state index in [9.17, 15) is 13.6 Å². The maximum Gasteiger partial charge on any atom is 0.334 e. The SMILES string of the molecule is CCOC(=O)/C=C(\C)Oc1c(F)ccc(Cl)c1F. The number of rotatable bonds is 4. The van der Waals surface area contributed by atoms with Crippen LogP contribution in [0.3, 0.4) is 0 Å². The minimum absolute atomic E-state index is 0.00600. The Hall–Kier alpha value is -1.62. The van der Waals surface area contributed by atoms with Gasteiger partial charge in [-0.15, -0.1) is 0 Å². The van der Waals surface area contributed by atoms with Crippen LogP contribution in [-0.4, -0.2) is 12.6 Å². The second-order valence-electron chi connectivity index (χ2n) is 3.28. The molecule has 0 aromatic heterocycles. The first-order chi connectivity index (χ1) is 8.45. The van der Waals surface area contributed by atoms with Crippen LogP contribution in [0.1, 0.15) is 13.8 Å². The molecule has 0 atom stereocenters. The molecule has 0 aliphatic heterocycles. The smallest absolute Gasteiger partial charge is 0.334 e. The van der Waals surface area contributed by atoms with Gasteiger partial charge >= 0.3 is 5.97 Å². The van der Waals surface area contributed by atoms with E-state index in [-0.39, 0.29) is 17.4 Å². The Balaban J connectivity index is 2.91. The van der Waals surface area contributed by atoms with Gasteiger partial charge in [-0.2, -0.15) is 0 Å². The average molecular weight is 277 g/mol. The Morgan fingerprint density at radius 1 is 1.44 bits per heavy atom. The summed E-state index contributed by atoms with van der Waals surface area (Å²) in [5, 5.41) is -0.268. The van der Waals surface area contributed by atoms with E-state index >= 15 is 0 Å². The van der Waals surface area contributed by atoms with Crippen molar-refractivity contribution >= 4 is 17.6 Å². The highest BCUT2D eigenvalue weighted by molar-refractivity contribution is 6.30. The van der Waals surface area contributed by atoms with E-state index in [1.54, 1.807) is 6.92 Å². The minimum Gasteiger partial charge on any atom is -0.463 e. The molecule has 1 rings (SSSR count). The fourth-order valence-electron chi connectivity index (χ4n) is 1.14. The van der Waals surface area contributed by atoms with Gasteiger partial charge in [0.15, 0.2) is 17.4 Å². The van der Waals surface area contributed by atoms with Gasteiger partial charge in [-0.25, -0.2) is 13.6 Å². The van der Waals surface area contributed by atoms with Crippen LogP contribution in [0.4, 0.5) is 8.78 Å². The summed E-state index contributed by atoms with van der Waals surface area (Å²) in [4.78, 5) is 11.1. The van der Waals surface area contributed by atoms with Gasteiger partial charge in [-0.1, -0.05) is 11.6 Å². The van der Waals surface area contributed by atoms with Crippen molar-refractivity contribution in [2.75, 3.05) is 6.61 Å². The average Bonchev–Trinajstić information content (AvgIpc) is 2.30. The zero-order chi connectivity index (χ0) is 13.7. The second kappa shape index (κ2) is 6.35. The van der Waals surface area contributed by atoms with E-state index in [4.69, 9.17) is 16.3 Å². The van der Waals surface area contributed by atoms with Crippen molar-refractivity contribution in [1.29, 1.82) is 0 Å². The molecule has 0 radical (unpaired) electrons. The van der Waals surface area contributed by atoms with Crippen molar-refractivity contribution in [3.63, 3.8) is 0 Å². The molecule has 18 heavy (non-hydrogen) atoms. The van der Waals surface area contributed by atoms with E-state index in [1.807, 2.05) is 0 Å². The Labute approximate surface area is 108 Å². The number of carbonyl (C=O) groups is 1. The lowest BCUT2D eigenvalue weighted by Crippen LogP contribution is -2.04. The Kier molecular flexibility index (Phi) is 5.09. The Morgan fingerprint density at radius 3 is 2.72 bits per heavy atom. The van der Waals surface area contributed by atoms with Gasteiger partial charge in [0.25, 0.3) is 0 Å². The molecule has 0 aliphatic carbocycles. The summed E-state index contributed by atoms with van der Waals surface area (Å²) in [5.74, 6) is -3.24. The largest absolute Gasteiger partial charge is 0.463 e. The van der Waals surface area contributed by atoms with Crippen molar-refractivity contribution in [2.45, 2.75) is 13.8 Å². The van der Waals surface area contributed by atoms with Crippen molar-refractivity contribution in [3.8, 4) is 5.75 Å². The van der Waals surface area contributed by atoms with Crippen molar-refractivity contribution in [2.24, 2.45) is 0 Å². The molecular formula is C12H11ClF2O3. The van der Waals surface area contributed by atoms with Gasteiger partial charge in [0.2, 0.25) is 0 Å². The summed E-state index contributed by atoms with van der Waals surface area (Å²) in [5.41, 5.74) is 0. The Bertz CT molecular complexity index is 486. The first-order valence-electron chi connectivity index (χ1n) is 5.12. The van der Waals surface area contributed by atoms with E-state index in [1.165, 1.54) is 6.92 Å². The van der Waals surface area contributed by atoms with Gasteiger partial charge in [0.1, 0.15) is 5.76 Å².